The highest BCUT2D eigenvalue weighted by atomic mass is 32.2. The predicted octanol–water partition coefficient (Wildman–Crippen LogP) is 2.48. The van der Waals surface area contributed by atoms with Gasteiger partial charge in [0.25, 0.3) is 0 Å². The van der Waals surface area contributed by atoms with Crippen molar-refractivity contribution in [1.29, 1.82) is 0 Å². The average Bonchev–Trinajstić information content (AvgIpc) is 2.97. The molecule has 0 amide bonds. The molecule has 2 aromatic rings. The number of fused-ring (bicyclic) bond motifs is 1. The van der Waals surface area contributed by atoms with Gasteiger partial charge in [0.1, 0.15) is 22.4 Å². The van der Waals surface area contributed by atoms with Crippen LogP contribution in [0.25, 0.3) is 0 Å². The molecule has 0 radical (unpaired) electrons. The van der Waals surface area contributed by atoms with E-state index in [1.165, 1.54) is 0 Å². The molecule has 1 aliphatic rings. The molecule has 1 aliphatic heterocycles. The molecule has 0 aliphatic carbocycles. The van der Waals surface area contributed by atoms with Gasteiger partial charge in [0, 0.05) is 6.42 Å². The van der Waals surface area contributed by atoms with E-state index in [2.05, 4.69) is 10.1 Å². The Morgan fingerprint density at radius 2 is 2.00 bits per heavy atom. The number of hydrogen-bond acceptors (Lipinski definition) is 3. The van der Waals surface area contributed by atoms with Crippen LogP contribution in [0.15, 0.2) is 35.5 Å². The van der Waals surface area contributed by atoms with Crippen LogP contribution in [0.4, 0.5) is 13.2 Å². The first kappa shape index (κ1) is 14.2. The Bertz CT molecular complexity index is 669. The summed E-state index contributed by atoms with van der Waals surface area (Å²) in [6.07, 6.45) is -3.07. The number of alkyl halides is 3. The van der Waals surface area contributed by atoms with Crippen molar-refractivity contribution in [3.8, 4) is 0 Å². The zero-order chi connectivity index (χ0) is 15.0. The number of benzene rings is 1. The second-order valence-electron chi connectivity index (χ2n) is 4.83. The molecule has 0 saturated heterocycles. The van der Waals surface area contributed by atoms with E-state index in [4.69, 9.17) is 0 Å². The summed E-state index contributed by atoms with van der Waals surface area (Å²) in [4.78, 5) is 4.00. The van der Waals surface area contributed by atoms with Gasteiger partial charge in [-0.3, -0.25) is 4.21 Å². The van der Waals surface area contributed by atoms with Gasteiger partial charge in [-0.1, -0.05) is 30.3 Å². The van der Waals surface area contributed by atoms with Crippen molar-refractivity contribution in [2.24, 2.45) is 0 Å². The van der Waals surface area contributed by atoms with Gasteiger partial charge in [-0.15, -0.1) is 5.10 Å². The molecule has 1 aromatic carbocycles. The van der Waals surface area contributed by atoms with E-state index in [-0.39, 0.29) is 11.2 Å². The third-order valence-corrected chi connectivity index (χ3v) is 4.47. The Morgan fingerprint density at radius 3 is 2.67 bits per heavy atom. The maximum atomic E-state index is 12.3. The average molecular weight is 315 g/mol. The van der Waals surface area contributed by atoms with E-state index >= 15 is 0 Å². The minimum atomic E-state index is -4.49. The molecule has 0 spiro atoms. The fourth-order valence-corrected chi connectivity index (χ4v) is 3.25. The van der Waals surface area contributed by atoms with Gasteiger partial charge in [0.2, 0.25) is 5.16 Å². The summed E-state index contributed by atoms with van der Waals surface area (Å²) in [5.74, 6) is -0.818. The molecule has 1 unspecified atom stereocenters. The molecule has 1 aromatic heterocycles. The summed E-state index contributed by atoms with van der Waals surface area (Å²) >= 11 is 0. The lowest BCUT2D eigenvalue weighted by molar-refractivity contribution is -0.105. The van der Waals surface area contributed by atoms with Gasteiger partial charge in [0.15, 0.2) is 0 Å². The molecule has 0 N–H and O–H groups in total. The van der Waals surface area contributed by atoms with Gasteiger partial charge in [-0.2, -0.15) is 13.2 Å². The predicted molar refractivity (Wildman–Crippen MR) is 70.3 cm³/mol. The van der Waals surface area contributed by atoms with E-state index in [1.54, 1.807) is 4.68 Å². The summed E-state index contributed by atoms with van der Waals surface area (Å²) in [7, 11) is -2.25. The van der Waals surface area contributed by atoms with Gasteiger partial charge in [0.05, 0.1) is 6.04 Å². The lowest BCUT2D eigenvalue weighted by atomic mass is 10.1. The van der Waals surface area contributed by atoms with Crippen LogP contribution in [0.2, 0.25) is 0 Å². The zero-order valence-electron chi connectivity index (χ0n) is 10.9. The molecule has 0 bridgehead atoms. The van der Waals surface area contributed by atoms with Crippen LogP contribution in [0.5, 0.6) is 0 Å². The maximum Gasteiger partial charge on any atom is 0.400 e. The highest BCUT2D eigenvalue weighted by Crippen LogP contribution is 2.30. The van der Waals surface area contributed by atoms with Crippen molar-refractivity contribution in [3.05, 3.63) is 41.7 Å². The van der Waals surface area contributed by atoms with Crippen molar-refractivity contribution in [3.63, 3.8) is 0 Å². The van der Waals surface area contributed by atoms with E-state index in [0.29, 0.717) is 12.2 Å². The van der Waals surface area contributed by atoms with Gasteiger partial charge in [-0.25, -0.2) is 9.67 Å². The van der Waals surface area contributed by atoms with Crippen LogP contribution < -0.4 is 0 Å². The Kier molecular flexibility index (Phi) is 3.56. The monoisotopic (exact) mass is 315 g/mol. The molecule has 0 saturated carbocycles. The molecular weight excluding hydrogens is 303 g/mol. The second-order valence-corrected chi connectivity index (χ2v) is 6.17. The third-order valence-electron chi connectivity index (χ3n) is 3.30. The first-order valence-corrected chi connectivity index (χ1v) is 7.71. The maximum absolute atomic E-state index is 12.3. The van der Waals surface area contributed by atoms with Crippen molar-refractivity contribution in [2.45, 2.75) is 30.2 Å². The highest BCUT2D eigenvalue weighted by Gasteiger charge is 2.34. The van der Waals surface area contributed by atoms with E-state index in [1.807, 2.05) is 30.3 Å². The molecular formula is C13H12F3N3OS. The molecule has 112 valence electrons. The zero-order valence-corrected chi connectivity index (χ0v) is 11.7. The summed E-state index contributed by atoms with van der Waals surface area (Å²) < 4.78 is 50.1. The first-order chi connectivity index (χ1) is 9.94. The van der Waals surface area contributed by atoms with Crippen molar-refractivity contribution in [2.75, 3.05) is 5.75 Å². The number of aromatic nitrogens is 3. The summed E-state index contributed by atoms with van der Waals surface area (Å²) in [6.45, 7) is 0. The van der Waals surface area contributed by atoms with Gasteiger partial charge in [-0.05, 0) is 12.0 Å². The van der Waals surface area contributed by atoms with Crippen LogP contribution in [0, 0.1) is 0 Å². The fourth-order valence-electron chi connectivity index (χ4n) is 2.43. The summed E-state index contributed by atoms with van der Waals surface area (Å²) in [6, 6.07) is 9.51. The van der Waals surface area contributed by atoms with Crippen LogP contribution in [0.1, 0.15) is 23.9 Å². The highest BCUT2D eigenvalue weighted by molar-refractivity contribution is 7.84. The van der Waals surface area contributed by atoms with Crippen LogP contribution in [-0.4, -0.2) is 30.9 Å². The Hall–Kier alpha value is -1.70. The number of rotatable bonds is 3. The Morgan fingerprint density at radius 1 is 1.29 bits per heavy atom. The summed E-state index contributed by atoms with van der Waals surface area (Å²) in [5.41, 5.74) is 1.02. The lowest BCUT2D eigenvalue weighted by Gasteiger charge is -2.11. The Balaban J connectivity index is 1.86. The van der Waals surface area contributed by atoms with E-state index < -0.39 is 22.7 Å². The van der Waals surface area contributed by atoms with Crippen molar-refractivity contribution in [1.82, 2.24) is 14.8 Å². The molecule has 2 heterocycles. The number of hydrogen-bond donors (Lipinski definition) is 0. The second kappa shape index (κ2) is 5.25. The van der Waals surface area contributed by atoms with E-state index in [9.17, 15) is 17.4 Å². The van der Waals surface area contributed by atoms with Gasteiger partial charge < -0.3 is 0 Å². The standard InChI is InChI=1S/C13H12F3N3OS/c14-13(15,16)8-21(20)12-17-11-7-6-10(19(11)18-12)9-4-2-1-3-5-9/h1-5,10H,6-8H2/t10?,21-/m1/s1. The van der Waals surface area contributed by atoms with Crippen LogP contribution >= 0.6 is 0 Å². The molecule has 21 heavy (non-hydrogen) atoms. The molecule has 0 fully saturated rings. The van der Waals surface area contributed by atoms with Gasteiger partial charge >= 0.3 is 6.18 Å². The van der Waals surface area contributed by atoms with Crippen LogP contribution in [0.3, 0.4) is 0 Å². The minimum absolute atomic E-state index is 0.0506. The lowest BCUT2D eigenvalue weighted by Crippen LogP contribution is -2.19. The van der Waals surface area contributed by atoms with E-state index in [0.717, 1.165) is 12.0 Å². The number of nitrogens with zero attached hydrogens (tertiary/aromatic N) is 3. The quantitative estimate of drug-likeness (QED) is 0.874. The number of aryl methyl sites for hydroxylation is 1. The minimum Gasteiger partial charge on any atom is -0.251 e. The largest absolute Gasteiger partial charge is 0.400 e. The molecule has 8 heteroatoms. The normalized spacial score (nSPS) is 19.5. The molecule has 3 rings (SSSR count). The smallest absolute Gasteiger partial charge is 0.251 e. The fraction of sp³-hybridized carbons (Fsp3) is 0.385. The summed E-state index contributed by atoms with van der Waals surface area (Å²) in [5, 5.41) is 3.80. The number of halogens is 3. The van der Waals surface area contributed by atoms with Crippen LogP contribution in [-0.2, 0) is 17.2 Å². The SMILES string of the molecule is O=[S@](CC(F)(F)F)c1nc2n(n1)C(c1ccccc1)CC2. The molecule has 4 nitrogen and oxygen atoms in total. The molecule has 2 atom stereocenters. The third kappa shape index (κ3) is 2.99. The Labute approximate surface area is 121 Å². The van der Waals surface area contributed by atoms with Crippen molar-refractivity contribution < 1.29 is 17.4 Å². The van der Waals surface area contributed by atoms with Crippen molar-refractivity contribution >= 4 is 10.8 Å². The first-order valence-electron chi connectivity index (χ1n) is 6.39. The topological polar surface area (TPSA) is 47.8 Å².